The Morgan fingerprint density at radius 2 is 1.32 bits per heavy atom. The Kier molecular flexibility index (Phi) is 16.4. The molecule has 0 radical (unpaired) electrons. The van der Waals surface area contributed by atoms with Crippen molar-refractivity contribution < 1.29 is 18.7 Å². The number of carbonyl (C=O) groups excluding carboxylic acids is 1. The highest BCUT2D eigenvalue weighted by atomic mass is 28.4. The predicted molar refractivity (Wildman–Crippen MR) is 127 cm³/mol. The van der Waals surface area contributed by atoms with Gasteiger partial charge in [0.2, 0.25) is 0 Å². The number of esters is 1. The SMILES string of the molecule is C=C(C)C(OC)O[Si](CC)(CC)CC.CC[Si](CC)(CC)CC(C)C(=O)OC. The van der Waals surface area contributed by atoms with Crippen LogP contribution in [0, 0.1) is 5.92 Å². The van der Waals surface area contributed by atoms with E-state index in [9.17, 15) is 4.79 Å². The van der Waals surface area contributed by atoms with E-state index in [1.54, 1.807) is 7.11 Å². The Hall–Kier alpha value is -0.436. The highest BCUT2D eigenvalue weighted by Crippen LogP contribution is 2.29. The molecule has 0 aliphatic carbocycles. The zero-order chi connectivity index (χ0) is 22.4. The molecule has 0 rings (SSSR count). The smallest absolute Gasteiger partial charge is 0.308 e. The molecule has 0 N–H and O–H groups in total. The van der Waals surface area contributed by atoms with E-state index >= 15 is 0 Å². The average molecular weight is 433 g/mol. The fourth-order valence-corrected chi connectivity index (χ4v) is 10.3. The first-order valence-electron chi connectivity index (χ1n) is 11.0. The third-order valence-corrected chi connectivity index (χ3v) is 17.1. The molecule has 0 aromatic carbocycles. The maximum Gasteiger partial charge on any atom is 0.308 e. The molecule has 2 atom stereocenters. The zero-order valence-electron chi connectivity index (χ0n) is 20.4. The van der Waals surface area contributed by atoms with Crippen LogP contribution in [0.4, 0.5) is 0 Å². The van der Waals surface area contributed by atoms with Gasteiger partial charge in [0.15, 0.2) is 14.6 Å². The number of hydrogen-bond donors (Lipinski definition) is 0. The second kappa shape index (κ2) is 15.4. The molecule has 0 aromatic rings. The summed E-state index contributed by atoms with van der Waals surface area (Å²) in [5, 5.41) is 0. The Balaban J connectivity index is 0. The lowest BCUT2D eigenvalue weighted by Crippen LogP contribution is -2.40. The summed E-state index contributed by atoms with van der Waals surface area (Å²) in [4.78, 5) is 11.3. The fraction of sp³-hybridized carbons (Fsp3) is 0.864. The molecular weight excluding hydrogens is 384 g/mol. The first kappa shape index (κ1) is 29.8. The first-order chi connectivity index (χ1) is 13.1. The molecule has 28 heavy (non-hydrogen) atoms. The van der Waals surface area contributed by atoms with Crippen LogP contribution in [0.2, 0.25) is 42.3 Å². The van der Waals surface area contributed by atoms with Crippen molar-refractivity contribution >= 4 is 22.4 Å². The van der Waals surface area contributed by atoms with Gasteiger partial charge in [-0.3, -0.25) is 4.79 Å². The van der Waals surface area contributed by atoms with Gasteiger partial charge < -0.3 is 13.9 Å². The van der Waals surface area contributed by atoms with E-state index in [0.29, 0.717) is 0 Å². The van der Waals surface area contributed by atoms with Gasteiger partial charge in [-0.1, -0.05) is 73.2 Å². The predicted octanol–water partition coefficient (Wildman–Crippen LogP) is 6.86. The summed E-state index contributed by atoms with van der Waals surface area (Å²) in [5.41, 5.74) is 0.958. The van der Waals surface area contributed by atoms with Gasteiger partial charge >= 0.3 is 5.97 Å². The second-order valence-electron chi connectivity index (χ2n) is 7.96. The molecule has 0 saturated heterocycles. The molecule has 0 amide bonds. The van der Waals surface area contributed by atoms with Crippen molar-refractivity contribution in [2.24, 2.45) is 5.92 Å². The van der Waals surface area contributed by atoms with Crippen LogP contribution in [-0.4, -0.2) is 42.9 Å². The highest BCUT2D eigenvalue weighted by Gasteiger charge is 2.32. The van der Waals surface area contributed by atoms with Gasteiger partial charge in [-0.05, 0) is 36.7 Å². The van der Waals surface area contributed by atoms with Crippen molar-refractivity contribution in [2.75, 3.05) is 14.2 Å². The average Bonchev–Trinajstić information content (AvgIpc) is 2.73. The lowest BCUT2D eigenvalue weighted by molar-refractivity contribution is -0.144. The number of methoxy groups -OCH3 is 2. The van der Waals surface area contributed by atoms with Gasteiger partial charge in [0.25, 0.3) is 0 Å². The number of ether oxygens (including phenoxy) is 2. The van der Waals surface area contributed by atoms with E-state index in [-0.39, 0.29) is 18.2 Å². The van der Waals surface area contributed by atoms with Crippen molar-refractivity contribution in [3.05, 3.63) is 12.2 Å². The maximum atomic E-state index is 11.3. The van der Waals surface area contributed by atoms with Gasteiger partial charge in [0, 0.05) is 7.11 Å². The zero-order valence-corrected chi connectivity index (χ0v) is 22.4. The van der Waals surface area contributed by atoms with Crippen LogP contribution in [0.3, 0.4) is 0 Å². The largest absolute Gasteiger partial charge is 0.469 e. The molecule has 0 spiro atoms. The molecule has 4 nitrogen and oxygen atoms in total. The minimum absolute atomic E-state index is 0.0442. The van der Waals surface area contributed by atoms with Gasteiger partial charge in [0.1, 0.15) is 0 Å². The molecule has 2 unspecified atom stereocenters. The first-order valence-corrected chi connectivity index (χ1v) is 16.4. The lowest BCUT2D eigenvalue weighted by Gasteiger charge is -2.32. The van der Waals surface area contributed by atoms with E-state index < -0.39 is 16.4 Å². The Morgan fingerprint density at radius 1 is 0.893 bits per heavy atom. The summed E-state index contributed by atoms with van der Waals surface area (Å²) in [7, 11) is 0.448. The summed E-state index contributed by atoms with van der Waals surface area (Å²) in [6.45, 7) is 21.3. The summed E-state index contributed by atoms with van der Waals surface area (Å²) < 4.78 is 16.2. The van der Waals surface area contributed by atoms with Crippen molar-refractivity contribution in [1.29, 1.82) is 0 Å². The Labute approximate surface area is 177 Å². The standard InChI is InChI=1S/2C11H24O2Si/c1-7-14(8-2,9-3)13-11(12-6)10(4)5;1-6-14(7-2,8-3)9-10(4)11(12)13-5/h11H,4,7-9H2,1-3,5-6H3;10H,6-9H2,1-5H3. The quantitative estimate of drug-likeness (QED) is 0.138. The Bertz CT molecular complexity index is 416. The summed E-state index contributed by atoms with van der Waals surface area (Å²) >= 11 is 0. The molecule has 0 aliphatic heterocycles. The van der Waals surface area contributed by atoms with E-state index in [0.717, 1.165) is 29.7 Å². The van der Waals surface area contributed by atoms with Crippen molar-refractivity contribution in [2.45, 2.75) is 104 Å². The molecule has 0 bridgehead atoms. The van der Waals surface area contributed by atoms with Crippen LogP contribution < -0.4 is 0 Å². The molecule has 0 fully saturated rings. The van der Waals surface area contributed by atoms with E-state index in [1.165, 1.54) is 25.2 Å². The van der Waals surface area contributed by atoms with E-state index in [2.05, 4.69) is 48.1 Å². The van der Waals surface area contributed by atoms with Crippen LogP contribution in [0.5, 0.6) is 0 Å². The van der Waals surface area contributed by atoms with Gasteiger partial charge in [-0.25, -0.2) is 0 Å². The van der Waals surface area contributed by atoms with Crippen LogP contribution in [0.25, 0.3) is 0 Å². The summed E-state index contributed by atoms with van der Waals surface area (Å²) in [5.74, 6) is 0.0451. The molecule has 0 saturated carbocycles. The van der Waals surface area contributed by atoms with Crippen molar-refractivity contribution in [1.82, 2.24) is 0 Å². The summed E-state index contributed by atoms with van der Waals surface area (Å²) in [6.07, 6.45) is -0.207. The topological polar surface area (TPSA) is 44.8 Å². The molecule has 6 heteroatoms. The third-order valence-electron chi connectivity index (χ3n) is 6.50. The van der Waals surface area contributed by atoms with Crippen LogP contribution in [0.1, 0.15) is 55.4 Å². The van der Waals surface area contributed by atoms with Crippen molar-refractivity contribution in [3.63, 3.8) is 0 Å². The minimum Gasteiger partial charge on any atom is -0.469 e. The van der Waals surface area contributed by atoms with Gasteiger partial charge in [-0.2, -0.15) is 0 Å². The highest BCUT2D eigenvalue weighted by molar-refractivity contribution is 6.79. The second-order valence-corrected chi connectivity index (χ2v) is 18.2. The van der Waals surface area contributed by atoms with E-state index in [4.69, 9.17) is 13.9 Å². The van der Waals surface area contributed by atoms with E-state index in [1.807, 2.05) is 13.8 Å². The molecule has 168 valence electrons. The fourth-order valence-electron chi connectivity index (χ4n) is 3.69. The van der Waals surface area contributed by atoms with Gasteiger partial charge in [0.05, 0.1) is 21.1 Å². The molecule has 0 aromatic heterocycles. The Morgan fingerprint density at radius 3 is 1.57 bits per heavy atom. The maximum absolute atomic E-state index is 11.3. The van der Waals surface area contributed by atoms with Crippen LogP contribution in [0.15, 0.2) is 12.2 Å². The number of hydrogen-bond acceptors (Lipinski definition) is 4. The number of carbonyl (C=O) groups is 1. The molecular formula is C22H48O4Si2. The molecule has 0 heterocycles. The van der Waals surface area contributed by atoms with Gasteiger partial charge in [-0.15, -0.1) is 0 Å². The lowest BCUT2D eigenvalue weighted by atomic mass is 10.2. The summed E-state index contributed by atoms with van der Waals surface area (Å²) in [6, 6.07) is 8.36. The van der Waals surface area contributed by atoms with Crippen molar-refractivity contribution in [3.8, 4) is 0 Å². The normalized spacial score (nSPS) is 13.9. The van der Waals surface area contributed by atoms with Crippen LogP contribution >= 0.6 is 0 Å². The number of rotatable bonds is 13. The monoisotopic (exact) mass is 432 g/mol. The molecule has 0 aliphatic rings. The van der Waals surface area contributed by atoms with Crippen LogP contribution in [-0.2, 0) is 18.7 Å². The minimum atomic E-state index is -1.55. The third kappa shape index (κ3) is 9.85.